The molecule has 0 bridgehead atoms. The van der Waals surface area contributed by atoms with E-state index in [2.05, 4.69) is 25.8 Å². The lowest BCUT2D eigenvalue weighted by atomic mass is 9.92. The van der Waals surface area contributed by atoms with Crippen LogP contribution in [-0.2, 0) is 5.41 Å². The summed E-state index contributed by atoms with van der Waals surface area (Å²) >= 11 is 11.1. The zero-order valence-corrected chi connectivity index (χ0v) is 12.0. The maximum Gasteiger partial charge on any atom is 0.182 e. The molecule has 96 valence electrons. The molecule has 1 N–H and O–H groups in total. The fourth-order valence-corrected chi connectivity index (χ4v) is 2.32. The van der Waals surface area contributed by atoms with Gasteiger partial charge < -0.3 is 4.98 Å². The van der Waals surface area contributed by atoms with Crippen LogP contribution in [0.3, 0.4) is 0 Å². The Bertz CT molecular complexity index is 617. The standard InChI is InChI=1S/C13H14ClFN2S/c1-13(2,3)11-7-16-12(18)17(11)10-5-8(14)4-9(15)6-10/h4-7H,1-3H3,(H,16,18). The lowest BCUT2D eigenvalue weighted by molar-refractivity contribution is 0.554. The van der Waals surface area contributed by atoms with E-state index in [0.717, 1.165) is 5.69 Å². The Kier molecular flexibility index (Phi) is 3.34. The van der Waals surface area contributed by atoms with Gasteiger partial charge >= 0.3 is 0 Å². The normalized spacial score (nSPS) is 11.8. The number of nitrogens with one attached hydrogen (secondary N) is 1. The van der Waals surface area contributed by atoms with Crippen LogP contribution in [0.4, 0.5) is 4.39 Å². The summed E-state index contributed by atoms with van der Waals surface area (Å²) in [5, 5.41) is 0.355. The van der Waals surface area contributed by atoms with Crippen molar-refractivity contribution in [2.24, 2.45) is 0 Å². The first-order valence-electron chi connectivity index (χ1n) is 5.56. The monoisotopic (exact) mass is 284 g/mol. The molecule has 1 aromatic carbocycles. The Morgan fingerprint density at radius 2 is 1.94 bits per heavy atom. The maximum absolute atomic E-state index is 13.4. The molecule has 0 saturated carbocycles. The molecule has 0 spiro atoms. The Labute approximate surface area is 115 Å². The van der Waals surface area contributed by atoms with Crippen molar-refractivity contribution < 1.29 is 4.39 Å². The Morgan fingerprint density at radius 3 is 2.50 bits per heavy atom. The van der Waals surface area contributed by atoms with Crippen LogP contribution >= 0.6 is 23.8 Å². The van der Waals surface area contributed by atoms with Crippen LogP contribution in [0.5, 0.6) is 0 Å². The third kappa shape index (κ3) is 2.49. The molecule has 0 aliphatic rings. The van der Waals surface area contributed by atoms with Crippen molar-refractivity contribution >= 4 is 23.8 Å². The number of hydrogen-bond donors (Lipinski definition) is 1. The predicted octanol–water partition coefficient (Wildman–Crippen LogP) is 4.62. The average molecular weight is 285 g/mol. The molecule has 0 unspecified atom stereocenters. The lowest BCUT2D eigenvalue weighted by Crippen LogP contribution is -2.16. The van der Waals surface area contributed by atoms with Crippen molar-refractivity contribution in [2.45, 2.75) is 26.2 Å². The van der Waals surface area contributed by atoms with E-state index in [4.69, 9.17) is 23.8 Å². The first-order valence-corrected chi connectivity index (χ1v) is 6.35. The van der Waals surface area contributed by atoms with Crippen LogP contribution < -0.4 is 0 Å². The summed E-state index contributed by atoms with van der Waals surface area (Å²) in [7, 11) is 0. The molecular weight excluding hydrogens is 271 g/mol. The molecule has 2 nitrogen and oxygen atoms in total. The van der Waals surface area contributed by atoms with Crippen LogP contribution in [-0.4, -0.2) is 9.55 Å². The highest BCUT2D eigenvalue weighted by molar-refractivity contribution is 7.71. The molecule has 0 amide bonds. The van der Waals surface area contributed by atoms with Gasteiger partial charge in [0.2, 0.25) is 0 Å². The van der Waals surface area contributed by atoms with E-state index in [1.807, 2.05) is 10.8 Å². The van der Waals surface area contributed by atoms with Crippen LogP contribution in [0.1, 0.15) is 26.5 Å². The van der Waals surface area contributed by atoms with E-state index >= 15 is 0 Å². The first kappa shape index (κ1) is 13.3. The van der Waals surface area contributed by atoms with Gasteiger partial charge in [0.25, 0.3) is 0 Å². The average Bonchev–Trinajstić information content (AvgIpc) is 2.57. The molecule has 0 fully saturated rings. The number of aromatic nitrogens is 2. The van der Waals surface area contributed by atoms with Gasteiger partial charge in [-0.05, 0) is 30.4 Å². The number of H-pyrrole nitrogens is 1. The number of aromatic amines is 1. The van der Waals surface area contributed by atoms with Gasteiger partial charge in [0.15, 0.2) is 4.77 Å². The molecule has 0 radical (unpaired) electrons. The number of benzene rings is 1. The Balaban J connectivity index is 2.71. The van der Waals surface area contributed by atoms with E-state index in [9.17, 15) is 4.39 Å². The predicted molar refractivity (Wildman–Crippen MR) is 74.6 cm³/mol. The number of halogens is 2. The molecule has 18 heavy (non-hydrogen) atoms. The molecule has 0 aliphatic heterocycles. The summed E-state index contributed by atoms with van der Waals surface area (Å²) in [6.45, 7) is 6.22. The van der Waals surface area contributed by atoms with E-state index in [-0.39, 0.29) is 11.2 Å². The largest absolute Gasteiger partial charge is 0.337 e. The minimum absolute atomic E-state index is 0.105. The van der Waals surface area contributed by atoms with Crippen molar-refractivity contribution in [3.63, 3.8) is 0 Å². The van der Waals surface area contributed by atoms with Crippen molar-refractivity contribution in [1.29, 1.82) is 0 Å². The number of rotatable bonds is 1. The number of nitrogens with zero attached hydrogens (tertiary/aromatic N) is 1. The van der Waals surface area contributed by atoms with E-state index in [1.54, 1.807) is 6.07 Å². The van der Waals surface area contributed by atoms with Gasteiger partial charge in [0.1, 0.15) is 5.82 Å². The minimum Gasteiger partial charge on any atom is -0.337 e. The molecule has 1 heterocycles. The molecule has 2 aromatic rings. The summed E-state index contributed by atoms with van der Waals surface area (Å²) in [6, 6.07) is 4.40. The van der Waals surface area contributed by atoms with E-state index < -0.39 is 0 Å². The fraction of sp³-hybridized carbons (Fsp3) is 0.308. The summed E-state index contributed by atoms with van der Waals surface area (Å²) in [4.78, 5) is 2.99. The highest BCUT2D eigenvalue weighted by Crippen LogP contribution is 2.27. The van der Waals surface area contributed by atoms with Gasteiger partial charge in [-0.25, -0.2) is 4.39 Å². The molecule has 1 aromatic heterocycles. The second-order valence-corrected chi connectivity index (χ2v) is 6.02. The van der Waals surface area contributed by atoms with Crippen LogP contribution in [0, 0.1) is 10.6 Å². The molecule has 2 rings (SSSR count). The summed E-state index contributed by atoms with van der Waals surface area (Å²) in [5.74, 6) is -0.375. The summed E-state index contributed by atoms with van der Waals surface area (Å²) in [6.07, 6.45) is 1.85. The van der Waals surface area contributed by atoms with Crippen molar-refractivity contribution in [1.82, 2.24) is 9.55 Å². The molecule has 0 atom stereocenters. The van der Waals surface area contributed by atoms with Crippen molar-refractivity contribution in [2.75, 3.05) is 0 Å². The van der Waals surface area contributed by atoms with Crippen LogP contribution in [0.2, 0.25) is 5.02 Å². The van der Waals surface area contributed by atoms with E-state index in [0.29, 0.717) is 15.5 Å². The van der Waals surface area contributed by atoms with Gasteiger partial charge in [-0.15, -0.1) is 0 Å². The highest BCUT2D eigenvalue weighted by Gasteiger charge is 2.20. The zero-order chi connectivity index (χ0) is 13.5. The Morgan fingerprint density at radius 1 is 1.28 bits per heavy atom. The first-order chi connectivity index (χ1) is 8.29. The lowest BCUT2D eigenvalue weighted by Gasteiger charge is -2.20. The van der Waals surface area contributed by atoms with Gasteiger partial charge in [-0.3, -0.25) is 4.57 Å². The second-order valence-electron chi connectivity index (χ2n) is 5.19. The molecule has 0 aliphatic carbocycles. The second kappa shape index (κ2) is 4.52. The Hall–Kier alpha value is -1.13. The fourth-order valence-electron chi connectivity index (χ4n) is 1.85. The summed E-state index contributed by atoms with van der Waals surface area (Å²) in [5.41, 5.74) is 1.51. The van der Waals surface area contributed by atoms with Gasteiger partial charge in [0, 0.05) is 22.3 Å². The quantitative estimate of drug-likeness (QED) is 0.758. The van der Waals surface area contributed by atoms with Gasteiger partial charge in [0.05, 0.1) is 5.69 Å². The SMILES string of the molecule is CC(C)(C)c1c[nH]c(=S)n1-c1cc(F)cc(Cl)c1. The van der Waals surface area contributed by atoms with E-state index in [1.165, 1.54) is 12.1 Å². The topological polar surface area (TPSA) is 20.7 Å². The van der Waals surface area contributed by atoms with Gasteiger partial charge in [-0.1, -0.05) is 32.4 Å². The van der Waals surface area contributed by atoms with Crippen molar-refractivity contribution in [3.05, 3.63) is 45.7 Å². The van der Waals surface area contributed by atoms with Gasteiger partial charge in [-0.2, -0.15) is 0 Å². The smallest absolute Gasteiger partial charge is 0.182 e. The highest BCUT2D eigenvalue weighted by atomic mass is 35.5. The number of hydrogen-bond acceptors (Lipinski definition) is 1. The minimum atomic E-state index is -0.375. The zero-order valence-electron chi connectivity index (χ0n) is 10.4. The summed E-state index contributed by atoms with van der Waals surface area (Å²) < 4.78 is 15.8. The van der Waals surface area contributed by atoms with Crippen molar-refractivity contribution in [3.8, 4) is 5.69 Å². The third-order valence-electron chi connectivity index (χ3n) is 2.65. The number of imidazole rings is 1. The molecular formula is C13H14ClFN2S. The maximum atomic E-state index is 13.4. The van der Waals surface area contributed by atoms with Crippen LogP contribution in [0.25, 0.3) is 5.69 Å². The third-order valence-corrected chi connectivity index (χ3v) is 3.17. The molecule has 0 saturated heterocycles. The molecule has 5 heteroatoms. The van der Waals surface area contributed by atoms with Crippen LogP contribution in [0.15, 0.2) is 24.4 Å².